The minimum Gasteiger partial charge on any atom is -0.499 e. The van der Waals surface area contributed by atoms with Gasteiger partial charge in [0.2, 0.25) is 5.60 Å². The lowest BCUT2D eigenvalue weighted by atomic mass is 9.87. The molecule has 1 aromatic heterocycles. The van der Waals surface area contributed by atoms with Gasteiger partial charge in [-0.2, -0.15) is 13.2 Å². The molecule has 0 bridgehead atoms. The van der Waals surface area contributed by atoms with Gasteiger partial charge in [0.1, 0.15) is 35.7 Å². The van der Waals surface area contributed by atoms with Crippen molar-refractivity contribution < 1.29 is 45.7 Å². The number of aromatic nitrogens is 1. The van der Waals surface area contributed by atoms with Crippen molar-refractivity contribution in [3.63, 3.8) is 0 Å². The number of halogens is 7. The number of fused-ring (bicyclic) bond motifs is 1. The fourth-order valence-corrected chi connectivity index (χ4v) is 4.79. The highest BCUT2D eigenvalue weighted by molar-refractivity contribution is 6.43. The summed E-state index contributed by atoms with van der Waals surface area (Å²) in [4.78, 5) is 21.5. The van der Waals surface area contributed by atoms with Crippen LogP contribution in [0.4, 0.5) is 26.3 Å². The Morgan fingerprint density at radius 3 is 2.44 bits per heavy atom. The quantitative estimate of drug-likeness (QED) is 0.344. The van der Waals surface area contributed by atoms with Gasteiger partial charge >= 0.3 is 6.18 Å². The number of carbonyl (C=O) groups excluding carboxylic acids is 1. The first-order valence-corrected chi connectivity index (χ1v) is 13.2. The molecular formula is C29H26ClF6N3O4. The van der Waals surface area contributed by atoms with Crippen molar-refractivity contribution in [1.29, 1.82) is 0 Å². The third-order valence-electron chi connectivity index (χ3n) is 6.87. The number of hydrogen-bond donors (Lipinski definition) is 2. The largest absolute Gasteiger partial charge is 0.499 e. The molecule has 1 aliphatic heterocycles. The van der Waals surface area contributed by atoms with E-state index < -0.39 is 60.7 Å². The molecule has 14 heteroatoms. The second-order valence-corrected chi connectivity index (χ2v) is 10.3. The van der Waals surface area contributed by atoms with Gasteiger partial charge in [-0.05, 0) is 55.8 Å². The van der Waals surface area contributed by atoms with E-state index in [2.05, 4.69) is 15.3 Å². The Morgan fingerprint density at radius 2 is 1.84 bits per heavy atom. The average Bonchev–Trinajstić information content (AvgIpc) is 2.94. The van der Waals surface area contributed by atoms with Gasteiger partial charge in [-0.3, -0.25) is 9.79 Å². The van der Waals surface area contributed by atoms with E-state index >= 15 is 0 Å². The fraction of sp³-hybridized carbons (Fsp3) is 0.345. The number of amides is 1. The summed E-state index contributed by atoms with van der Waals surface area (Å²) in [6, 6.07) is 4.65. The lowest BCUT2D eigenvalue weighted by Gasteiger charge is -2.32. The van der Waals surface area contributed by atoms with Crippen LogP contribution in [0, 0.1) is 18.7 Å². The SMILES string of the molecule is COC1=CC(C(=O)NC[C@](O)(c2cc(C)c(OCC(F)F)c(-c3ccc(F)cc3)n2)C(F)(F)F)=CC2C=C(Cl)C(C)=NC12. The Bertz CT molecular complexity index is 1520. The van der Waals surface area contributed by atoms with Crippen molar-refractivity contribution in [1.82, 2.24) is 10.3 Å². The van der Waals surface area contributed by atoms with E-state index in [9.17, 15) is 36.2 Å². The molecule has 0 spiro atoms. The van der Waals surface area contributed by atoms with Gasteiger partial charge in [0, 0.05) is 17.1 Å². The van der Waals surface area contributed by atoms with Crippen molar-refractivity contribution in [2.75, 3.05) is 20.3 Å². The van der Waals surface area contributed by atoms with Crippen LogP contribution in [0.1, 0.15) is 18.2 Å². The van der Waals surface area contributed by atoms with Crippen LogP contribution in [0.25, 0.3) is 11.3 Å². The van der Waals surface area contributed by atoms with Gasteiger partial charge in [0.05, 0.1) is 30.1 Å². The fourth-order valence-electron chi connectivity index (χ4n) is 4.60. The van der Waals surface area contributed by atoms with E-state index in [0.717, 1.165) is 18.2 Å². The van der Waals surface area contributed by atoms with Gasteiger partial charge in [0.15, 0.2) is 0 Å². The number of pyridine rings is 1. The highest BCUT2D eigenvalue weighted by Crippen LogP contribution is 2.42. The molecule has 0 fully saturated rings. The Morgan fingerprint density at radius 1 is 1.16 bits per heavy atom. The molecule has 2 N–H and O–H groups in total. The number of ether oxygens (including phenoxy) is 2. The molecule has 1 amide bonds. The molecule has 1 aliphatic carbocycles. The third kappa shape index (κ3) is 6.72. The third-order valence-corrected chi connectivity index (χ3v) is 7.27. The Hall–Kier alpha value is -3.84. The van der Waals surface area contributed by atoms with Crippen LogP contribution in [-0.2, 0) is 15.1 Å². The van der Waals surface area contributed by atoms with Crippen molar-refractivity contribution in [2.24, 2.45) is 10.9 Å². The van der Waals surface area contributed by atoms with Crippen molar-refractivity contribution >= 4 is 23.2 Å². The molecule has 230 valence electrons. The van der Waals surface area contributed by atoms with Gasteiger partial charge in [-0.25, -0.2) is 18.2 Å². The zero-order valence-electron chi connectivity index (χ0n) is 23.0. The number of hydrogen-bond acceptors (Lipinski definition) is 6. The van der Waals surface area contributed by atoms with Crippen LogP contribution in [0.5, 0.6) is 5.75 Å². The zero-order valence-corrected chi connectivity index (χ0v) is 23.7. The predicted octanol–water partition coefficient (Wildman–Crippen LogP) is 5.76. The molecular weight excluding hydrogens is 604 g/mol. The molecule has 1 aromatic carbocycles. The number of rotatable bonds is 9. The second kappa shape index (κ2) is 12.4. The molecule has 2 heterocycles. The minimum absolute atomic E-state index is 0.0421. The number of nitrogens with zero attached hydrogens (tertiary/aromatic N) is 2. The number of aryl methyl sites for hydroxylation is 1. The zero-order chi connectivity index (χ0) is 31.7. The number of methoxy groups -OCH3 is 1. The molecule has 2 aliphatic rings. The van der Waals surface area contributed by atoms with Crippen LogP contribution in [0.3, 0.4) is 0 Å². The first kappa shape index (κ1) is 32.1. The van der Waals surface area contributed by atoms with Gasteiger partial charge < -0.3 is 19.9 Å². The maximum absolute atomic E-state index is 14.5. The van der Waals surface area contributed by atoms with Crippen LogP contribution >= 0.6 is 11.6 Å². The van der Waals surface area contributed by atoms with Crippen LogP contribution in [0.2, 0.25) is 0 Å². The van der Waals surface area contributed by atoms with Crippen molar-refractivity contribution in [3.05, 3.63) is 82.0 Å². The highest BCUT2D eigenvalue weighted by atomic mass is 35.5. The monoisotopic (exact) mass is 629 g/mol. The van der Waals surface area contributed by atoms with Gasteiger partial charge in [0.25, 0.3) is 12.3 Å². The second-order valence-electron chi connectivity index (χ2n) is 9.88. The number of benzene rings is 1. The van der Waals surface area contributed by atoms with Crippen molar-refractivity contribution in [2.45, 2.75) is 38.1 Å². The van der Waals surface area contributed by atoms with E-state index in [4.69, 9.17) is 21.1 Å². The van der Waals surface area contributed by atoms with E-state index in [1.807, 2.05) is 0 Å². The lowest BCUT2D eigenvalue weighted by molar-refractivity contribution is -0.265. The summed E-state index contributed by atoms with van der Waals surface area (Å²) in [5.41, 5.74) is -4.54. The van der Waals surface area contributed by atoms with Gasteiger partial charge in [-0.15, -0.1) is 0 Å². The molecule has 0 saturated heterocycles. The van der Waals surface area contributed by atoms with E-state index in [-0.39, 0.29) is 33.9 Å². The van der Waals surface area contributed by atoms with Crippen LogP contribution in [-0.4, -0.2) is 60.6 Å². The summed E-state index contributed by atoms with van der Waals surface area (Å²) < 4.78 is 93.3. The van der Waals surface area contributed by atoms with Crippen LogP contribution < -0.4 is 10.1 Å². The molecule has 0 radical (unpaired) electrons. The first-order chi connectivity index (χ1) is 20.1. The number of carbonyl (C=O) groups is 1. The minimum atomic E-state index is -5.36. The van der Waals surface area contributed by atoms with Crippen LogP contribution in [0.15, 0.2) is 69.9 Å². The summed E-state index contributed by atoms with van der Waals surface area (Å²) in [5.74, 6) is -2.13. The number of aliphatic hydroxyl groups is 1. The predicted molar refractivity (Wildman–Crippen MR) is 146 cm³/mol. The molecule has 3 atom stereocenters. The normalized spacial score (nSPS) is 19.8. The maximum Gasteiger partial charge on any atom is 0.424 e. The summed E-state index contributed by atoms with van der Waals surface area (Å²) in [6.07, 6.45) is -3.83. The Balaban J connectivity index is 1.70. The molecule has 7 nitrogen and oxygen atoms in total. The van der Waals surface area contributed by atoms with Gasteiger partial charge in [-0.1, -0.05) is 23.8 Å². The van der Waals surface area contributed by atoms with E-state index in [1.165, 1.54) is 38.3 Å². The molecule has 4 rings (SSSR count). The topological polar surface area (TPSA) is 93.0 Å². The van der Waals surface area contributed by atoms with E-state index in [1.54, 1.807) is 13.0 Å². The number of nitrogens with one attached hydrogen (secondary N) is 1. The summed E-state index contributed by atoms with van der Waals surface area (Å²) in [5, 5.41) is 13.5. The summed E-state index contributed by atoms with van der Waals surface area (Å²) in [6.45, 7) is 0.523. The average molecular weight is 630 g/mol. The summed E-state index contributed by atoms with van der Waals surface area (Å²) in [7, 11) is 1.36. The summed E-state index contributed by atoms with van der Waals surface area (Å²) >= 11 is 6.18. The van der Waals surface area contributed by atoms with Crippen molar-refractivity contribution in [3.8, 4) is 17.0 Å². The molecule has 43 heavy (non-hydrogen) atoms. The molecule has 0 saturated carbocycles. The molecule has 2 unspecified atom stereocenters. The smallest absolute Gasteiger partial charge is 0.424 e. The maximum atomic E-state index is 14.5. The number of dihydropyridines is 1. The molecule has 2 aromatic rings. The number of alkyl halides is 5. The Labute approximate surface area is 247 Å². The number of aliphatic imine (C=N–C) groups is 1. The highest BCUT2D eigenvalue weighted by Gasteiger charge is 2.56. The Kier molecular flexibility index (Phi) is 9.26. The number of allylic oxidation sites excluding steroid dienone is 1. The standard InChI is InChI=1S/C29H26ClF6N3O4/c1-14-8-22(39-25(26(14)43-12-23(32)33)16-4-6-19(31)7-5-16)28(41,29(34,35)36)13-37-27(40)18-9-17-10-20(30)15(2)38-24(17)21(11-18)42-3/h4-11,17,23-24,41H,12-13H2,1-3H3,(H,37,40)/t17?,24?,28-/m0/s1. The van der Waals surface area contributed by atoms with E-state index in [0.29, 0.717) is 10.7 Å². The lowest BCUT2D eigenvalue weighted by Crippen LogP contribution is -2.52. The first-order valence-electron chi connectivity index (χ1n) is 12.8.